The Bertz CT molecular complexity index is 627. The number of benzene rings is 1. The quantitative estimate of drug-likeness (QED) is 0.890. The maximum absolute atomic E-state index is 13.5. The number of anilines is 1. The van der Waals surface area contributed by atoms with Crippen molar-refractivity contribution >= 4 is 11.6 Å². The summed E-state index contributed by atoms with van der Waals surface area (Å²) in [6, 6.07) is 10.7. The van der Waals surface area contributed by atoms with E-state index in [9.17, 15) is 9.18 Å². The van der Waals surface area contributed by atoms with E-state index in [-0.39, 0.29) is 11.6 Å². The fraction of sp³-hybridized carbons (Fsp3) is 0.353. The molecule has 1 aliphatic heterocycles. The zero-order valence-corrected chi connectivity index (χ0v) is 12.4. The number of H-pyrrole nitrogens is 1. The van der Waals surface area contributed by atoms with E-state index in [0.29, 0.717) is 19.0 Å². The molecule has 1 atom stereocenters. The van der Waals surface area contributed by atoms with Crippen LogP contribution in [0.15, 0.2) is 42.6 Å². The van der Waals surface area contributed by atoms with E-state index in [1.165, 1.54) is 11.8 Å². The van der Waals surface area contributed by atoms with Crippen molar-refractivity contribution in [3.8, 4) is 0 Å². The van der Waals surface area contributed by atoms with Crippen LogP contribution in [0.3, 0.4) is 0 Å². The second-order valence-electron chi connectivity index (χ2n) is 5.60. The van der Waals surface area contributed by atoms with E-state index in [1.54, 1.807) is 18.2 Å². The van der Waals surface area contributed by atoms with Crippen LogP contribution >= 0.6 is 0 Å². The number of hydrogen-bond acceptors (Lipinski definition) is 2. The third-order valence-corrected chi connectivity index (χ3v) is 4.12. The van der Waals surface area contributed by atoms with Gasteiger partial charge in [-0.15, -0.1) is 0 Å². The average Bonchev–Trinajstić information content (AvgIpc) is 3.18. The molecule has 1 aromatic heterocycles. The Morgan fingerprint density at radius 3 is 2.95 bits per heavy atom. The summed E-state index contributed by atoms with van der Waals surface area (Å²) in [5.74, 6) is -0.552. The van der Waals surface area contributed by atoms with Crippen LogP contribution in [-0.4, -0.2) is 28.9 Å². The molecule has 116 valence electrons. The normalized spacial score (nSPS) is 18.5. The molecule has 2 heterocycles. The first-order chi connectivity index (χ1) is 10.7. The van der Waals surface area contributed by atoms with Crippen LogP contribution in [0, 0.1) is 5.82 Å². The van der Waals surface area contributed by atoms with Crippen LogP contribution in [0.25, 0.3) is 0 Å². The summed E-state index contributed by atoms with van der Waals surface area (Å²) >= 11 is 0. The molecule has 3 rings (SSSR count). The van der Waals surface area contributed by atoms with Gasteiger partial charge in [-0.2, -0.15) is 0 Å². The number of para-hydroxylation sites is 1. The SMILES string of the molecule is O=C(CCN1CCC[C@H]1c1ccc[nH]1)Nc1ccccc1F. The lowest BCUT2D eigenvalue weighted by molar-refractivity contribution is -0.116. The lowest BCUT2D eigenvalue weighted by Crippen LogP contribution is -2.28. The molecule has 1 saturated heterocycles. The summed E-state index contributed by atoms with van der Waals surface area (Å²) in [5, 5.41) is 2.64. The molecule has 0 radical (unpaired) electrons. The van der Waals surface area contributed by atoms with Gasteiger partial charge in [0, 0.05) is 30.9 Å². The minimum absolute atomic E-state index is 0.151. The monoisotopic (exact) mass is 301 g/mol. The van der Waals surface area contributed by atoms with Gasteiger partial charge in [0.1, 0.15) is 5.82 Å². The van der Waals surface area contributed by atoms with Gasteiger partial charge >= 0.3 is 0 Å². The lowest BCUT2D eigenvalue weighted by atomic mass is 10.1. The summed E-state index contributed by atoms with van der Waals surface area (Å²) in [6.07, 6.45) is 4.54. The minimum Gasteiger partial charge on any atom is -0.364 e. The third kappa shape index (κ3) is 3.36. The zero-order chi connectivity index (χ0) is 15.4. The third-order valence-electron chi connectivity index (χ3n) is 4.12. The van der Waals surface area contributed by atoms with Gasteiger partial charge in [0.25, 0.3) is 0 Å². The first-order valence-corrected chi connectivity index (χ1v) is 7.66. The number of aromatic amines is 1. The first-order valence-electron chi connectivity index (χ1n) is 7.66. The van der Waals surface area contributed by atoms with Crippen molar-refractivity contribution in [1.82, 2.24) is 9.88 Å². The number of rotatable bonds is 5. The van der Waals surface area contributed by atoms with Crippen LogP contribution < -0.4 is 5.32 Å². The molecular formula is C17H20FN3O. The summed E-state index contributed by atoms with van der Waals surface area (Å²) in [6.45, 7) is 1.68. The molecule has 0 bridgehead atoms. The number of halogens is 1. The van der Waals surface area contributed by atoms with Gasteiger partial charge < -0.3 is 10.3 Å². The maximum atomic E-state index is 13.5. The lowest BCUT2D eigenvalue weighted by Gasteiger charge is -2.23. The van der Waals surface area contributed by atoms with E-state index < -0.39 is 5.82 Å². The summed E-state index contributed by atoms with van der Waals surface area (Å²) in [5.41, 5.74) is 1.45. The second-order valence-corrected chi connectivity index (χ2v) is 5.60. The Kier molecular flexibility index (Phi) is 4.53. The average molecular weight is 301 g/mol. The number of carbonyl (C=O) groups is 1. The molecular weight excluding hydrogens is 281 g/mol. The molecule has 22 heavy (non-hydrogen) atoms. The molecule has 1 fully saturated rings. The number of nitrogens with zero attached hydrogens (tertiary/aromatic N) is 1. The fourth-order valence-corrected chi connectivity index (χ4v) is 3.02. The largest absolute Gasteiger partial charge is 0.364 e. The van der Waals surface area contributed by atoms with Crippen molar-refractivity contribution in [2.24, 2.45) is 0 Å². The van der Waals surface area contributed by atoms with Gasteiger partial charge in [0.2, 0.25) is 5.91 Å². The molecule has 2 N–H and O–H groups in total. The fourth-order valence-electron chi connectivity index (χ4n) is 3.02. The van der Waals surface area contributed by atoms with Gasteiger partial charge in [-0.3, -0.25) is 9.69 Å². The minimum atomic E-state index is -0.402. The van der Waals surface area contributed by atoms with Gasteiger partial charge in [-0.25, -0.2) is 4.39 Å². The molecule has 1 aromatic carbocycles. The number of hydrogen-bond donors (Lipinski definition) is 2. The number of aromatic nitrogens is 1. The maximum Gasteiger partial charge on any atom is 0.225 e. The van der Waals surface area contributed by atoms with Crippen LogP contribution in [0.5, 0.6) is 0 Å². The Labute approximate surface area is 129 Å². The molecule has 0 unspecified atom stereocenters. The second kappa shape index (κ2) is 6.75. The number of nitrogens with one attached hydrogen (secondary N) is 2. The van der Waals surface area contributed by atoms with Crippen LogP contribution in [0.2, 0.25) is 0 Å². The summed E-state index contributed by atoms with van der Waals surface area (Å²) in [4.78, 5) is 17.6. The van der Waals surface area contributed by atoms with Gasteiger partial charge in [-0.1, -0.05) is 12.1 Å². The molecule has 4 nitrogen and oxygen atoms in total. The highest BCUT2D eigenvalue weighted by Gasteiger charge is 2.26. The Morgan fingerprint density at radius 2 is 2.18 bits per heavy atom. The van der Waals surface area contributed by atoms with Crippen LogP contribution in [0.4, 0.5) is 10.1 Å². The van der Waals surface area contributed by atoms with Crippen molar-refractivity contribution in [1.29, 1.82) is 0 Å². The molecule has 1 amide bonds. The predicted octanol–water partition coefficient (Wildman–Crippen LogP) is 3.32. The predicted molar refractivity (Wildman–Crippen MR) is 84.0 cm³/mol. The zero-order valence-electron chi connectivity index (χ0n) is 12.4. The highest BCUT2D eigenvalue weighted by molar-refractivity contribution is 5.90. The van der Waals surface area contributed by atoms with Crippen molar-refractivity contribution in [3.63, 3.8) is 0 Å². The molecule has 0 saturated carbocycles. The van der Waals surface area contributed by atoms with Crippen molar-refractivity contribution in [2.45, 2.75) is 25.3 Å². The topological polar surface area (TPSA) is 48.1 Å². The standard InChI is InChI=1S/C17H20FN3O/c18-13-5-1-2-6-14(13)20-17(22)9-12-21-11-4-8-16(21)15-7-3-10-19-15/h1-3,5-7,10,16,19H,4,8-9,11-12H2,(H,20,22)/t16-/m0/s1. The summed E-state index contributed by atoms with van der Waals surface area (Å²) < 4.78 is 13.5. The molecule has 0 aliphatic carbocycles. The highest BCUT2D eigenvalue weighted by Crippen LogP contribution is 2.30. The molecule has 5 heteroatoms. The van der Waals surface area contributed by atoms with E-state index >= 15 is 0 Å². The summed E-state index contributed by atoms with van der Waals surface area (Å²) in [7, 11) is 0. The van der Waals surface area contributed by atoms with Crippen LogP contribution in [0.1, 0.15) is 31.0 Å². The Morgan fingerprint density at radius 1 is 1.32 bits per heavy atom. The number of likely N-dealkylation sites (tertiary alicyclic amines) is 1. The first kappa shape index (κ1) is 14.8. The van der Waals surface area contributed by atoms with Gasteiger partial charge in [0.15, 0.2) is 0 Å². The van der Waals surface area contributed by atoms with E-state index in [4.69, 9.17) is 0 Å². The van der Waals surface area contributed by atoms with E-state index in [2.05, 4.69) is 21.3 Å². The van der Waals surface area contributed by atoms with E-state index in [0.717, 1.165) is 19.4 Å². The smallest absolute Gasteiger partial charge is 0.225 e. The Balaban J connectivity index is 1.54. The van der Waals surface area contributed by atoms with E-state index in [1.807, 2.05) is 12.3 Å². The van der Waals surface area contributed by atoms with Gasteiger partial charge in [0.05, 0.1) is 5.69 Å². The highest BCUT2D eigenvalue weighted by atomic mass is 19.1. The number of carbonyl (C=O) groups excluding carboxylic acids is 1. The molecule has 0 spiro atoms. The van der Waals surface area contributed by atoms with Crippen molar-refractivity contribution < 1.29 is 9.18 Å². The van der Waals surface area contributed by atoms with Crippen molar-refractivity contribution in [3.05, 3.63) is 54.1 Å². The van der Waals surface area contributed by atoms with Gasteiger partial charge in [-0.05, 0) is 43.7 Å². The molecule has 1 aliphatic rings. The van der Waals surface area contributed by atoms with Crippen molar-refractivity contribution in [2.75, 3.05) is 18.4 Å². The number of amides is 1. The Hall–Kier alpha value is -2.14. The molecule has 2 aromatic rings. The van der Waals surface area contributed by atoms with Crippen LogP contribution in [-0.2, 0) is 4.79 Å².